The molecular weight excluding hydrogens is 521 g/mol. The number of ether oxygens (including phenoxy) is 3. The number of carbonyl (C=O) groups is 2. The molecule has 0 unspecified atom stereocenters. The zero-order valence-electron chi connectivity index (χ0n) is 23.6. The number of nitrogens with one attached hydrogen (secondary N) is 1. The molecular formula is C28H38FN3O6Si. The van der Waals surface area contributed by atoms with Gasteiger partial charge in [-0.1, -0.05) is 25.7 Å². The maximum atomic E-state index is 15.0. The van der Waals surface area contributed by atoms with E-state index in [1.807, 2.05) is 17.6 Å². The van der Waals surface area contributed by atoms with Crippen LogP contribution in [0, 0.1) is 12.7 Å². The SMILES string of the molecule is Cc1cc2c(Oc3ccc(C[C@H](NC(=O)OC(C)(C)C)C(=O)O)cc3F)ccnc2n1COCC[Si](C)(C)C. The van der Waals surface area contributed by atoms with Gasteiger partial charge in [-0.2, -0.15) is 0 Å². The summed E-state index contributed by atoms with van der Waals surface area (Å²) in [6.45, 7) is 14.9. The van der Waals surface area contributed by atoms with E-state index in [-0.39, 0.29) is 12.2 Å². The van der Waals surface area contributed by atoms with E-state index in [1.165, 1.54) is 12.1 Å². The first-order valence-corrected chi connectivity index (χ1v) is 16.5. The van der Waals surface area contributed by atoms with E-state index in [0.717, 1.165) is 17.1 Å². The van der Waals surface area contributed by atoms with E-state index in [1.54, 1.807) is 39.1 Å². The van der Waals surface area contributed by atoms with Crippen molar-refractivity contribution in [2.24, 2.45) is 0 Å². The highest BCUT2D eigenvalue weighted by atomic mass is 28.3. The van der Waals surface area contributed by atoms with E-state index in [0.29, 0.717) is 30.3 Å². The summed E-state index contributed by atoms with van der Waals surface area (Å²) >= 11 is 0. The molecule has 39 heavy (non-hydrogen) atoms. The van der Waals surface area contributed by atoms with Crippen LogP contribution in [0.1, 0.15) is 32.0 Å². The summed E-state index contributed by atoms with van der Waals surface area (Å²) in [7, 11) is -1.20. The van der Waals surface area contributed by atoms with Gasteiger partial charge in [-0.05, 0) is 63.6 Å². The van der Waals surface area contributed by atoms with Crippen LogP contribution in [0.25, 0.3) is 11.0 Å². The predicted octanol–water partition coefficient (Wildman–Crippen LogP) is 6.11. The second-order valence-corrected chi connectivity index (χ2v) is 17.3. The number of alkyl carbamates (subject to hydrolysis) is 1. The lowest BCUT2D eigenvalue weighted by molar-refractivity contribution is -0.139. The number of halogens is 1. The van der Waals surface area contributed by atoms with Crippen molar-refractivity contribution in [1.29, 1.82) is 0 Å². The number of carbonyl (C=O) groups excluding carboxylic acids is 1. The van der Waals surface area contributed by atoms with Gasteiger partial charge >= 0.3 is 12.1 Å². The number of aromatic nitrogens is 2. The van der Waals surface area contributed by atoms with Gasteiger partial charge in [0.05, 0.1) is 5.39 Å². The quantitative estimate of drug-likeness (QED) is 0.215. The molecule has 2 heterocycles. The van der Waals surface area contributed by atoms with Crippen LogP contribution >= 0.6 is 0 Å². The van der Waals surface area contributed by atoms with Crippen LogP contribution in [0.3, 0.4) is 0 Å². The van der Waals surface area contributed by atoms with Crippen LogP contribution in [-0.4, -0.2) is 53.0 Å². The molecule has 0 aliphatic carbocycles. The van der Waals surface area contributed by atoms with Crippen LogP contribution in [0.15, 0.2) is 36.5 Å². The summed E-state index contributed by atoms with van der Waals surface area (Å²) in [5.41, 5.74) is 1.21. The van der Waals surface area contributed by atoms with Crippen molar-refractivity contribution >= 4 is 31.2 Å². The molecule has 0 aliphatic heterocycles. The minimum absolute atomic E-state index is 0.0185. The average Bonchev–Trinajstić information content (AvgIpc) is 3.12. The van der Waals surface area contributed by atoms with Gasteiger partial charge in [-0.15, -0.1) is 0 Å². The molecule has 3 rings (SSSR count). The normalized spacial score (nSPS) is 12.8. The average molecular weight is 560 g/mol. The molecule has 1 amide bonds. The number of hydrogen-bond donors (Lipinski definition) is 2. The molecule has 2 N–H and O–H groups in total. The summed E-state index contributed by atoms with van der Waals surface area (Å²) in [4.78, 5) is 28.2. The fourth-order valence-corrected chi connectivity index (χ4v) is 4.55. The number of carboxylic acids is 1. The van der Waals surface area contributed by atoms with Crippen molar-refractivity contribution in [2.45, 2.75) is 78.2 Å². The monoisotopic (exact) mass is 559 g/mol. The molecule has 1 aromatic carbocycles. The third-order valence-electron chi connectivity index (χ3n) is 5.83. The minimum atomic E-state index is -1.29. The number of benzene rings is 1. The standard InChI is InChI=1S/C28H38FN3O6Si/c1-18-14-20-23(10-11-30-25(20)32(18)17-36-12-13-39(5,6)7)37-24-9-8-19(15-21(24)29)16-22(26(33)34)31-27(35)38-28(2,3)4/h8-11,14-15,22H,12-13,16-17H2,1-7H3,(H,31,35)(H,33,34)/t22-/m0/s1. The van der Waals surface area contributed by atoms with Crippen molar-refractivity contribution in [3.8, 4) is 11.5 Å². The van der Waals surface area contributed by atoms with Crippen molar-refractivity contribution in [1.82, 2.24) is 14.9 Å². The second-order valence-electron chi connectivity index (χ2n) is 11.7. The Hall–Kier alpha value is -3.44. The summed E-state index contributed by atoms with van der Waals surface area (Å²) in [5, 5.41) is 12.6. The first-order chi connectivity index (χ1) is 18.1. The van der Waals surface area contributed by atoms with E-state index in [4.69, 9.17) is 14.2 Å². The molecule has 0 radical (unpaired) electrons. The fourth-order valence-electron chi connectivity index (χ4n) is 3.79. The van der Waals surface area contributed by atoms with E-state index < -0.39 is 37.6 Å². The zero-order chi connectivity index (χ0) is 29.0. The van der Waals surface area contributed by atoms with Crippen molar-refractivity contribution < 1.29 is 33.3 Å². The number of rotatable bonds is 11. The summed E-state index contributed by atoms with van der Waals surface area (Å²) in [6.07, 6.45) is 0.605. The number of hydrogen-bond acceptors (Lipinski definition) is 6. The first-order valence-electron chi connectivity index (χ1n) is 12.8. The Morgan fingerprint density at radius 3 is 2.49 bits per heavy atom. The Bertz CT molecular complexity index is 1330. The van der Waals surface area contributed by atoms with Gasteiger partial charge in [-0.3, -0.25) is 0 Å². The molecule has 0 fully saturated rings. The lowest BCUT2D eigenvalue weighted by atomic mass is 10.1. The van der Waals surface area contributed by atoms with Crippen LogP contribution in [0.4, 0.5) is 9.18 Å². The van der Waals surface area contributed by atoms with Gasteiger partial charge in [0.2, 0.25) is 0 Å². The molecule has 212 valence electrons. The maximum Gasteiger partial charge on any atom is 0.408 e. The van der Waals surface area contributed by atoms with Crippen molar-refractivity contribution in [3.05, 3.63) is 53.6 Å². The zero-order valence-corrected chi connectivity index (χ0v) is 24.6. The van der Waals surface area contributed by atoms with Crippen molar-refractivity contribution in [3.63, 3.8) is 0 Å². The third kappa shape index (κ3) is 8.79. The lowest BCUT2D eigenvalue weighted by Gasteiger charge is -2.22. The number of aryl methyl sites for hydroxylation is 1. The van der Waals surface area contributed by atoms with E-state index >= 15 is 4.39 Å². The Kier molecular flexibility index (Phi) is 9.39. The number of amides is 1. The number of nitrogens with zero attached hydrogens (tertiary/aromatic N) is 2. The van der Waals surface area contributed by atoms with E-state index in [9.17, 15) is 14.7 Å². The molecule has 0 saturated heterocycles. The number of aliphatic carboxylic acids is 1. The Morgan fingerprint density at radius 2 is 1.87 bits per heavy atom. The van der Waals surface area contributed by atoms with Gasteiger partial charge < -0.3 is 29.2 Å². The molecule has 3 aromatic rings. The fraction of sp³-hybridized carbons (Fsp3) is 0.464. The largest absolute Gasteiger partial charge is 0.480 e. The summed E-state index contributed by atoms with van der Waals surface area (Å²) in [6, 6.07) is 7.55. The van der Waals surface area contributed by atoms with Crippen LogP contribution < -0.4 is 10.1 Å². The van der Waals surface area contributed by atoms with Gasteiger partial charge in [0.15, 0.2) is 11.6 Å². The highest BCUT2D eigenvalue weighted by Gasteiger charge is 2.25. The maximum absolute atomic E-state index is 15.0. The highest BCUT2D eigenvalue weighted by molar-refractivity contribution is 6.76. The lowest BCUT2D eigenvalue weighted by Crippen LogP contribution is -2.44. The molecule has 2 aromatic heterocycles. The second kappa shape index (κ2) is 12.2. The Labute approximate surface area is 229 Å². The minimum Gasteiger partial charge on any atom is -0.480 e. The van der Waals surface area contributed by atoms with Crippen molar-refractivity contribution in [2.75, 3.05) is 6.61 Å². The van der Waals surface area contributed by atoms with Crippen LogP contribution in [0.2, 0.25) is 25.7 Å². The molecule has 0 bridgehead atoms. The molecule has 0 saturated carbocycles. The first kappa shape index (κ1) is 30.1. The molecule has 1 atom stereocenters. The molecule has 0 aliphatic rings. The smallest absolute Gasteiger partial charge is 0.408 e. The number of fused-ring (bicyclic) bond motifs is 1. The van der Waals surface area contributed by atoms with E-state index in [2.05, 4.69) is 29.9 Å². The van der Waals surface area contributed by atoms with Gasteiger partial charge in [-0.25, -0.2) is 19.0 Å². The Morgan fingerprint density at radius 1 is 1.15 bits per heavy atom. The predicted molar refractivity (Wildman–Crippen MR) is 150 cm³/mol. The summed E-state index contributed by atoms with van der Waals surface area (Å²) in [5.74, 6) is -1.50. The molecule has 0 spiro atoms. The third-order valence-corrected chi connectivity index (χ3v) is 7.53. The topological polar surface area (TPSA) is 112 Å². The van der Waals surface area contributed by atoms with Crippen LogP contribution in [0.5, 0.6) is 11.5 Å². The number of pyridine rings is 1. The molecule has 11 heteroatoms. The van der Waals surface area contributed by atoms with Gasteiger partial charge in [0, 0.05) is 33.0 Å². The van der Waals surface area contributed by atoms with Gasteiger partial charge in [0.25, 0.3) is 0 Å². The number of carboxylic acid groups (broad SMARTS) is 1. The highest BCUT2D eigenvalue weighted by Crippen LogP contribution is 2.32. The van der Waals surface area contributed by atoms with Crippen LogP contribution in [-0.2, 0) is 27.4 Å². The summed E-state index contributed by atoms with van der Waals surface area (Å²) < 4.78 is 33.9. The molecule has 9 nitrogen and oxygen atoms in total. The Balaban J connectivity index is 1.73. The van der Waals surface area contributed by atoms with Gasteiger partial charge in [0.1, 0.15) is 29.8 Å².